The summed E-state index contributed by atoms with van der Waals surface area (Å²) in [5.41, 5.74) is -0.544. The summed E-state index contributed by atoms with van der Waals surface area (Å²) >= 11 is 1.78. The van der Waals surface area contributed by atoms with Gasteiger partial charge in [-0.25, -0.2) is 4.90 Å². The molecule has 8 nitrogen and oxygen atoms in total. The molecule has 0 radical (unpaired) electrons. The van der Waals surface area contributed by atoms with Gasteiger partial charge in [0.25, 0.3) is 0 Å². The molecule has 1 N–H and O–H groups in total. The second-order valence-corrected chi connectivity index (χ2v) is 12.0. The Morgan fingerprint density at radius 3 is 2.28 bits per heavy atom. The number of fused-ring (bicyclic) bond motifs is 2. The lowest BCUT2D eigenvalue weighted by atomic mass is 9.83. The van der Waals surface area contributed by atoms with Gasteiger partial charge >= 0.3 is 11.0 Å². The fourth-order valence-electron chi connectivity index (χ4n) is 5.44. The summed E-state index contributed by atoms with van der Waals surface area (Å²) < 4.78 is 48.3. The fraction of sp³-hybridized carbons (Fsp3) is 0.200. The number of alkyl halides is 3. The Kier molecular flexibility index (Phi) is 7.38. The van der Waals surface area contributed by atoms with E-state index in [-0.39, 0.29) is 6.54 Å². The molecule has 3 aromatic carbocycles. The Labute approximate surface area is 251 Å². The monoisotopic (exact) mass is 625 g/mol. The molecule has 0 spiro atoms. The van der Waals surface area contributed by atoms with Gasteiger partial charge in [-0.1, -0.05) is 65.6 Å². The molecule has 3 amide bonds. The third-order valence-electron chi connectivity index (χ3n) is 7.33. The summed E-state index contributed by atoms with van der Waals surface area (Å²) in [6, 6.07) is 19.8. The van der Waals surface area contributed by atoms with Crippen LogP contribution in [-0.4, -0.2) is 34.6 Å². The quantitative estimate of drug-likeness (QED) is 0.290. The number of thiazole rings is 1. The van der Waals surface area contributed by atoms with Crippen LogP contribution in [0, 0.1) is 5.92 Å². The molecule has 0 unspecified atom stereocenters. The molecule has 43 heavy (non-hydrogen) atoms. The van der Waals surface area contributed by atoms with E-state index in [9.17, 15) is 32.3 Å². The Balaban J connectivity index is 1.44. The molecule has 6 rings (SSSR count). The van der Waals surface area contributed by atoms with E-state index in [1.54, 1.807) is 54.6 Å². The van der Waals surface area contributed by atoms with Crippen LogP contribution in [0.5, 0.6) is 5.75 Å². The van der Waals surface area contributed by atoms with Crippen molar-refractivity contribution in [2.45, 2.75) is 28.9 Å². The maximum absolute atomic E-state index is 14.0. The van der Waals surface area contributed by atoms with E-state index in [1.165, 1.54) is 23.8 Å². The number of nitrogens with zero attached hydrogens (tertiary/aromatic N) is 2. The third-order valence-corrected chi connectivity index (χ3v) is 9.94. The number of methoxy groups -OCH3 is 1. The van der Waals surface area contributed by atoms with Gasteiger partial charge in [0.1, 0.15) is 17.5 Å². The van der Waals surface area contributed by atoms with Crippen LogP contribution in [0.3, 0.4) is 0 Å². The molecule has 1 saturated heterocycles. The molecule has 2 aliphatic heterocycles. The second kappa shape index (κ2) is 11.0. The van der Waals surface area contributed by atoms with Crippen LogP contribution in [0.25, 0.3) is 0 Å². The number of amides is 3. The number of imide groups is 1. The van der Waals surface area contributed by atoms with Crippen molar-refractivity contribution < 1.29 is 32.3 Å². The first-order chi connectivity index (χ1) is 20.6. The molecule has 1 aromatic heterocycles. The van der Waals surface area contributed by atoms with Gasteiger partial charge in [-0.15, -0.1) is 0 Å². The zero-order valence-electron chi connectivity index (χ0n) is 22.3. The molecule has 2 aliphatic rings. The lowest BCUT2D eigenvalue weighted by molar-refractivity contribution is -0.137. The van der Waals surface area contributed by atoms with Crippen LogP contribution in [0.2, 0.25) is 0 Å². The smallest absolute Gasteiger partial charge is 0.418 e. The fourth-order valence-corrected chi connectivity index (χ4v) is 8.21. The number of thioether (sulfide) groups is 1. The summed E-state index contributed by atoms with van der Waals surface area (Å²) in [5, 5.41) is 1.92. The number of anilines is 2. The third kappa shape index (κ3) is 5.12. The predicted octanol–water partition coefficient (Wildman–Crippen LogP) is 5.37. The van der Waals surface area contributed by atoms with E-state index in [0.717, 1.165) is 35.2 Å². The zero-order valence-corrected chi connectivity index (χ0v) is 24.0. The van der Waals surface area contributed by atoms with Gasteiger partial charge in [-0.3, -0.25) is 23.7 Å². The summed E-state index contributed by atoms with van der Waals surface area (Å²) in [6.07, 6.45) is -4.81. The van der Waals surface area contributed by atoms with Crippen molar-refractivity contribution in [1.29, 1.82) is 0 Å². The normalized spacial score (nSPS) is 19.6. The largest absolute Gasteiger partial charge is 0.497 e. The molecule has 0 saturated carbocycles. The maximum Gasteiger partial charge on any atom is 0.418 e. The molecule has 0 bridgehead atoms. The van der Waals surface area contributed by atoms with Gasteiger partial charge < -0.3 is 10.1 Å². The van der Waals surface area contributed by atoms with E-state index < -0.39 is 57.1 Å². The molecule has 13 heteroatoms. The van der Waals surface area contributed by atoms with Crippen molar-refractivity contribution in [2.24, 2.45) is 5.92 Å². The highest BCUT2D eigenvalue weighted by atomic mass is 32.2. The second-order valence-electron chi connectivity index (χ2n) is 9.88. The minimum Gasteiger partial charge on any atom is -0.497 e. The average Bonchev–Trinajstić information content (AvgIpc) is 3.43. The van der Waals surface area contributed by atoms with E-state index in [4.69, 9.17) is 4.74 Å². The minimum absolute atomic E-state index is 0.326. The van der Waals surface area contributed by atoms with Crippen molar-refractivity contribution >= 4 is 52.2 Å². The van der Waals surface area contributed by atoms with Crippen molar-refractivity contribution in [3.63, 3.8) is 0 Å². The van der Waals surface area contributed by atoms with Crippen LogP contribution in [0.1, 0.15) is 21.9 Å². The van der Waals surface area contributed by atoms with Gasteiger partial charge in [0.15, 0.2) is 0 Å². The zero-order chi connectivity index (χ0) is 30.5. The lowest BCUT2D eigenvalue weighted by Gasteiger charge is -2.30. The van der Waals surface area contributed by atoms with Crippen LogP contribution < -0.4 is 19.8 Å². The van der Waals surface area contributed by atoms with Crippen LogP contribution in [-0.2, 0) is 27.1 Å². The van der Waals surface area contributed by atoms with Crippen LogP contribution in [0.4, 0.5) is 24.5 Å². The summed E-state index contributed by atoms with van der Waals surface area (Å²) in [7, 11) is 1.49. The number of halogens is 3. The number of carbonyl (C=O) groups excluding carboxylic acids is 3. The number of carbonyl (C=O) groups is 3. The van der Waals surface area contributed by atoms with E-state index in [1.807, 2.05) is 0 Å². The number of ether oxygens (including phenoxy) is 1. The standard InChI is InChI=1S/C30H22F3N3O5S2/c1-41-18-13-11-16(12-14-18)22-23-24(27(39)36(26(23)38)20-10-6-5-9-19(20)30(31,32)33)42-28-25(22)43-29(40)35(28)15-21(37)34-17-7-3-2-4-8-17/h2-14,22-24H,15H2,1H3,(H,34,37)/t22-,23-,24+/m0/s1. The van der Waals surface area contributed by atoms with Crippen LogP contribution in [0.15, 0.2) is 88.7 Å². The number of aromatic nitrogens is 1. The summed E-state index contributed by atoms with van der Waals surface area (Å²) in [5.74, 6) is -3.48. The van der Waals surface area contributed by atoms with Crippen molar-refractivity contribution in [3.05, 3.63) is 105 Å². The molecular formula is C30H22F3N3O5S2. The molecular weight excluding hydrogens is 603 g/mol. The number of rotatable bonds is 6. The van der Waals surface area contributed by atoms with Gasteiger partial charge in [0.2, 0.25) is 17.7 Å². The molecule has 4 aromatic rings. The summed E-state index contributed by atoms with van der Waals surface area (Å²) in [6.45, 7) is -0.359. The Bertz CT molecular complexity index is 1790. The predicted molar refractivity (Wildman–Crippen MR) is 156 cm³/mol. The Morgan fingerprint density at radius 2 is 1.60 bits per heavy atom. The SMILES string of the molecule is COc1ccc([C@@H]2c3sc(=O)n(CC(=O)Nc4ccccc4)c3S[C@H]3C(=O)N(c4ccccc4C(F)(F)F)C(=O)[C@@H]23)cc1. The molecule has 1 fully saturated rings. The van der Waals surface area contributed by atoms with Gasteiger partial charge in [-0.2, -0.15) is 13.2 Å². The highest BCUT2D eigenvalue weighted by molar-refractivity contribution is 8.00. The minimum atomic E-state index is -4.81. The van der Waals surface area contributed by atoms with Crippen LogP contribution >= 0.6 is 23.1 Å². The van der Waals surface area contributed by atoms with E-state index >= 15 is 0 Å². The van der Waals surface area contributed by atoms with E-state index in [2.05, 4.69) is 5.32 Å². The molecule has 3 atom stereocenters. The lowest BCUT2D eigenvalue weighted by Crippen LogP contribution is -2.33. The molecule has 220 valence electrons. The number of benzene rings is 3. The molecule has 0 aliphatic carbocycles. The average molecular weight is 626 g/mol. The van der Waals surface area contributed by atoms with Crippen molar-refractivity contribution in [3.8, 4) is 5.75 Å². The summed E-state index contributed by atoms with van der Waals surface area (Å²) in [4.78, 5) is 54.6. The first-order valence-corrected chi connectivity index (χ1v) is 14.7. The van der Waals surface area contributed by atoms with E-state index in [0.29, 0.717) is 31.8 Å². The topological polar surface area (TPSA) is 97.7 Å². The first-order valence-electron chi connectivity index (χ1n) is 13.0. The Morgan fingerprint density at radius 1 is 0.930 bits per heavy atom. The number of nitrogens with one attached hydrogen (secondary N) is 1. The maximum atomic E-state index is 14.0. The van der Waals surface area contributed by atoms with Gasteiger partial charge in [0.05, 0.1) is 29.3 Å². The Hall–Kier alpha value is -4.36. The first kappa shape index (κ1) is 28.7. The highest BCUT2D eigenvalue weighted by Crippen LogP contribution is 2.54. The molecule has 3 heterocycles. The van der Waals surface area contributed by atoms with Crippen molar-refractivity contribution in [1.82, 2.24) is 4.57 Å². The number of hydrogen-bond donors (Lipinski definition) is 1. The van der Waals surface area contributed by atoms with Crippen molar-refractivity contribution in [2.75, 3.05) is 17.3 Å². The number of para-hydroxylation sites is 2. The van der Waals surface area contributed by atoms with Gasteiger partial charge in [0, 0.05) is 16.5 Å². The number of hydrogen-bond acceptors (Lipinski definition) is 7. The highest BCUT2D eigenvalue weighted by Gasteiger charge is 2.57. The van der Waals surface area contributed by atoms with Gasteiger partial charge in [-0.05, 0) is 42.0 Å².